The molecule has 1 N–H and O–H groups in total. The number of benzene rings is 2. The highest BCUT2D eigenvalue weighted by Gasteiger charge is 2.24. The van der Waals surface area contributed by atoms with E-state index in [1.54, 1.807) is 12.1 Å². The fourth-order valence-corrected chi connectivity index (χ4v) is 4.74. The molecule has 1 aliphatic carbocycles. The maximum Gasteiger partial charge on any atom is 0.323 e. The second-order valence-electron chi connectivity index (χ2n) is 8.78. The molecule has 1 fully saturated rings. The summed E-state index contributed by atoms with van der Waals surface area (Å²) >= 11 is 0. The molecule has 0 unspecified atom stereocenters. The fourth-order valence-electron chi connectivity index (χ4n) is 4.74. The number of aliphatic carboxylic acids is 1. The van der Waals surface area contributed by atoms with Crippen molar-refractivity contribution in [3.05, 3.63) is 65.7 Å². The number of carbonyl (C=O) groups excluding carboxylic acids is 1. The van der Waals surface area contributed by atoms with Gasteiger partial charge in [-0.05, 0) is 49.1 Å². The van der Waals surface area contributed by atoms with Gasteiger partial charge in [0.05, 0.1) is 11.0 Å². The van der Waals surface area contributed by atoms with Crippen molar-refractivity contribution < 1.29 is 19.1 Å². The minimum atomic E-state index is -1.04. The molecule has 0 atom stereocenters. The molecule has 0 saturated heterocycles. The van der Waals surface area contributed by atoms with Crippen LogP contribution >= 0.6 is 0 Å². The van der Waals surface area contributed by atoms with Crippen LogP contribution in [0.1, 0.15) is 55.8 Å². The van der Waals surface area contributed by atoms with E-state index in [0.29, 0.717) is 18.9 Å². The van der Waals surface area contributed by atoms with Crippen LogP contribution in [0.3, 0.4) is 0 Å². The minimum absolute atomic E-state index is 0.202. The maximum atomic E-state index is 13.1. The van der Waals surface area contributed by atoms with E-state index in [4.69, 9.17) is 4.98 Å². The smallest absolute Gasteiger partial charge is 0.323 e. The molecule has 0 bridgehead atoms. The normalized spacial score (nSPS) is 14.5. The third-order valence-electron chi connectivity index (χ3n) is 6.47. The van der Waals surface area contributed by atoms with Gasteiger partial charge in [-0.1, -0.05) is 43.5 Å². The van der Waals surface area contributed by atoms with Crippen molar-refractivity contribution in [2.24, 2.45) is 0 Å². The van der Waals surface area contributed by atoms with Gasteiger partial charge in [-0.2, -0.15) is 0 Å². The zero-order valence-electron chi connectivity index (χ0n) is 18.8. The summed E-state index contributed by atoms with van der Waals surface area (Å²) in [5.74, 6) is -0.126. The monoisotopic (exact) mass is 451 g/mol. The number of rotatable bonds is 9. The zero-order valence-corrected chi connectivity index (χ0v) is 18.8. The lowest BCUT2D eigenvalue weighted by molar-refractivity contribution is -0.144. The Labute approximate surface area is 193 Å². The maximum absolute atomic E-state index is 13.1. The number of hydrogen-bond donors (Lipinski definition) is 1. The zero-order chi connectivity index (χ0) is 23.2. The molecule has 1 heterocycles. The van der Waals surface area contributed by atoms with Gasteiger partial charge < -0.3 is 14.6 Å². The van der Waals surface area contributed by atoms with E-state index in [-0.39, 0.29) is 31.2 Å². The number of para-hydroxylation sites is 2. The van der Waals surface area contributed by atoms with Gasteiger partial charge in [-0.25, -0.2) is 9.37 Å². The Kier molecular flexibility index (Phi) is 7.37. The molecular formula is C26H30FN3O3. The van der Waals surface area contributed by atoms with Crippen LogP contribution in [-0.4, -0.2) is 44.5 Å². The molecule has 33 heavy (non-hydrogen) atoms. The van der Waals surface area contributed by atoms with Crippen LogP contribution in [0.25, 0.3) is 11.0 Å². The molecular weight excluding hydrogens is 421 g/mol. The Morgan fingerprint density at radius 3 is 2.52 bits per heavy atom. The van der Waals surface area contributed by atoms with Crippen LogP contribution in [0.2, 0.25) is 0 Å². The molecule has 174 valence electrons. The molecule has 6 nitrogen and oxygen atoms in total. The molecule has 4 rings (SSSR count). The average Bonchev–Trinajstić information content (AvgIpc) is 3.20. The number of imidazole rings is 1. The molecule has 3 aromatic rings. The van der Waals surface area contributed by atoms with Gasteiger partial charge in [0.25, 0.3) is 0 Å². The minimum Gasteiger partial charge on any atom is -0.480 e. The number of aromatic nitrogens is 2. The number of carboxylic acid groups (broad SMARTS) is 1. The first-order chi connectivity index (χ1) is 16.0. The predicted octanol–water partition coefficient (Wildman–Crippen LogP) is 4.77. The number of carboxylic acids is 1. The molecule has 0 spiro atoms. The van der Waals surface area contributed by atoms with E-state index < -0.39 is 5.97 Å². The highest BCUT2D eigenvalue weighted by atomic mass is 19.1. The van der Waals surface area contributed by atoms with Crippen molar-refractivity contribution in [1.29, 1.82) is 0 Å². The number of halogens is 1. The van der Waals surface area contributed by atoms with Crippen molar-refractivity contribution in [2.75, 3.05) is 13.1 Å². The van der Waals surface area contributed by atoms with Crippen molar-refractivity contribution >= 4 is 22.9 Å². The summed E-state index contributed by atoms with van der Waals surface area (Å²) in [4.78, 5) is 30.7. The number of nitrogens with zero attached hydrogens (tertiary/aromatic N) is 3. The summed E-state index contributed by atoms with van der Waals surface area (Å²) in [6, 6.07) is 14.0. The number of fused-ring (bicyclic) bond motifs is 1. The Hall–Kier alpha value is -3.22. The van der Waals surface area contributed by atoms with Crippen LogP contribution in [-0.2, 0) is 22.6 Å². The molecule has 1 aromatic heterocycles. The van der Waals surface area contributed by atoms with Gasteiger partial charge in [0, 0.05) is 25.4 Å². The van der Waals surface area contributed by atoms with Gasteiger partial charge in [0.15, 0.2) is 0 Å². The van der Waals surface area contributed by atoms with Crippen LogP contribution in [0.5, 0.6) is 0 Å². The van der Waals surface area contributed by atoms with E-state index >= 15 is 0 Å². The van der Waals surface area contributed by atoms with Gasteiger partial charge >= 0.3 is 5.97 Å². The van der Waals surface area contributed by atoms with Crippen molar-refractivity contribution in [2.45, 2.75) is 57.4 Å². The Balaban J connectivity index is 1.48. The topological polar surface area (TPSA) is 75.4 Å². The molecule has 1 amide bonds. The summed E-state index contributed by atoms with van der Waals surface area (Å²) in [6.45, 7) is 0.398. The third kappa shape index (κ3) is 5.78. The third-order valence-corrected chi connectivity index (χ3v) is 6.47. The van der Waals surface area contributed by atoms with Gasteiger partial charge in [-0.15, -0.1) is 0 Å². The van der Waals surface area contributed by atoms with Crippen LogP contribution in [0, 0.1) is 5.82 Å². The summed E-state index contributed by atoms with van der Waals surface area (Å²) in [5, 5.41) is 9.32. The average molecular weight is 452 g/mol. The molecule has 2 aromatic carbocycles. The first-order valence-corrected chi connectivity index (χ1v) is 11.7. The van der Waals surface area contributed by atoms with Crippen LogP contribution in [0.4, 0.5) is 4.39 Å². The summed E-state index contributed by atoms with van der Waals surface area (Å²) in [7, 11) is 0. The Bertz CT molecular complexity index is 1100. The Morgan fingerprint density at radius 2 is 1.79 bits per heavy atom. The van der Waals surface area contributed by atoms with Crippen molar-refractivity contribution in [1.82, 2.24) is 14.5 Å². The first-order valence-electron chi connectivity index (χ1n) is 11.7. The van der Waals surface area contributed by atoms with E-state index in [0.717, 1.165) is 35.3 Å². The first kappa shape index (κ1) is 23.0. The number of carbonyl (C=O) groups is 2. The lowest BCUT2D eigenvalue weighted by Gasteiger charge is -2.24. The Morgan fingerprint density at radius 1 is 1.06 bits per heavy atom. The van der Waals surface area contributed by atoms with Crippen molar-refractivity contribution in [3.63, 3.8) is 0 Å². The second-order valence-corrected chi connectivity index (χ2v) is 8.78. The SMILES string of the molecule is O=C(O)CN(CCc1ccc(F)cc1)C(=O)CCn1c(C2CCCCC2)nc2ccccc21. The van der Waals surface area contributed by atoms with E-state index in [1.165, 1.54) is 36.3 Å². The molecule has 7 heteroatoms. The van der Waals surface area contributed by atoms with Gasteiger partial charge in [-0.3, -0.25) is 9.59 Å². The lowest BCUT2D eigenvalue weighted by atomic mass is 9.88. The highest BCUT2D eigenvalue weighted by Crippen LogP contribution is 2.34. The molecule has 0 aliphatic heterocycles. The predicted molar refractivity (Wildman–Crippen MR) is 124 cm³/mol. The van der Waals surface area contributed by atoms with E-state index in [9.17, 15) is 19.1 Å². The standard InChI is InChI=1S/C26H30FN3O3/c27-21-12-10-19(11-13-21)14-16-29(18-25(32)33)24(31)15-17-30-23-9-5-4-8-22(23)28-26(30)20-6-2-1-3-7-20/h4-5,8-13,20H,1-3,6-7,14-18H2,(H,32,33). The molecule has 1 aliphatic rings. The summed E-state index contributed by atoms with van der Waals surface area (Å²) in [6.07, 6.45) is 6.55. The number of aryl methyl sites for hydroxylation is 1. The van der Waals surface area contributed by atoms with E-state index in [1.807, 2.05) is 24.3 Å². The largest absolute Gasteiger partial charge is 0.480 e. The molecule has 0 radical (unpaired) electrons. The van der Waals surface area contributed by atoms with Gasteiger partial charge in [0.2, 0.25) is 5.91 Å². The number of amides is 1. The second kappa shape index (κ2) is 10.6. The molecule has 1 saturated carbocycles. The quantitative estimate of drug-likeness (QED) is 0.509. The highest BCUT2D eigenvalue weighted by molar-refractivity contribution is 5.82. The van der Waals surface area contributed by atoms with Crippen molar-refractivity contribution in [3.8, 4) is 0 Å². The summed E-state index contributed by atoms with van der Waals surface area (Å²) < 4.78 is 15.3. The van der Waals surface area contributed by atoms with Crippen LogP contribution < -0.4 is 0 Å². The van der Waals surface area contributed by atoms with E-state index in [2.05, 4.69) is 4.57 Å². The lowest BCUT2D eigenvalue weighted by Crippen LogP contribution is -2.37. The van der Waals surface area contributed by atoms with Crippen LogP contribution in [0.15, 0.2) is 48.5 Å². The fraction of sp³-hybridized carbons (Fsp3) is 0.423. The van der Waals surface area contributed by atoms with Gasteiger partial charge in [0.1, 0.15) is 18.2 Å². The number of hydrogen-bond acceptors (Lipinski definition) is 3. The summed E-state index contributed by atoms with van der Waals surface area (Å²) in [5.41, 5.74) is 2.81.